The van der Waals surface area contributed by atoms with Gasteiger partial charge in [-0.3, -0.25) is 0 Å². The van der Waals surface area contributed by atoms with Gasteiger partial charge in [-0.25, -0.2) is 0 Å². The van der Waals surface area contributed by atoms with Crippen LogP contribution >= 0.6 is 0 Å². The minimum absolute atomic E-state index is 0. The van der Waals surface area contributed by atoms with E-state index in [2.05, 4.69) is 0 Å². The van der Waals surface area contributed by atoms with Crippen LogP contribution in [0.3, 0.4) is 0 Å². The summed E-state index contributed by atoms with van der Waals surface area (Å²) in [5, 5.41) is 53.8. The van der Waals surface area contributed by atoms with Crippen LogP contribution in [-0.4, -0.2) is 128 Å². The van der Waals surface area contributed by atoms with Gasteiger partial charge in [0.15, 0.2) is 0 Å². The van der Waals surface area contributed by atoms with E-state index in [0.717, 1.165) is 0 Å². The largest absolute Gasteiger partial charge is 0.316 e. The van der Waals surface area contributed by atoms with Crippen LogP contribution < -0.4 is 0 Å². The minimum Gasteiger partial charge on any atom is 0.316 e. The van der Waals surface area contributed by atoms with Crippen molar-refractivity contribution >= 4 is 60.8 Å². The monoisotopic (exact) mass is 248 g/mol. The van der Waals surface area contributed by atoms with Gasteiger partial charge in [-0.1, -0.05) is 0 Å². The van der Waals surface area contributed by atoms with Crippen LogP contribution in [0.4, 0.5) is 0 Å². The molecule has 80 valence electrons. The fraction of sp³-hybridized carbons (Fsp3) is 1.00. The van der Waals surface area contributed by atoms with Gasteiger partial charge in [0, 0.05) is 0 Å². The predicted molar refractivity (Wildman–Crippen MR) is 53.1 cm³/mol. The Morgan fingerprint density at radius 2 is 0.500 bits per heavy atom. The third-order valence-electron chi connectivity index (χ3n) is 2.10. The van der Waals surface area contributed by atoms with Crippen molar-refractivity contribution in [3.8, 4) is 0 Å². The maximum atomic E-state index is 8.97. The molecule has 0 aromatic heterocycles. The Hall–Kier alpha value is 1.79. The minimum atomic E-state index is -1.64. The van der Waals surface area contributed by atoms with Crippen molar-refractivity contribution in [3.05, 3.63) is 0 Å². The summed E-state index contributed by atoms with van der Waals surface area (Å²) >= 11 is 0. The molecule has 1 fully saturated rings. The van der Waals surface area contributed by atoms with Gasteiger partial charge in [0.1, 0.15) is 36.6 Å². The van der Waals surface area contributed by atoms with Crippen molar-refractivity contribution in [2.24, 2.45) is 0 Å². The maximum Gasteiger partial charge on any atom is 0.316 e. The topological polar surface area (TPSA) is 121 Å². The van der Waals surface area contributed by atoms with Crippen molar-refractivity contribution in [1.29, 1.82) is 0 Å². The molecule has 1 aliphatic rings. The van der Waals surface area contributed by atoms with Crippen LogP contribution in [-0.2, 0) is 0 Å². The molecule has 0 aromatic rings. The Kier molecular flexibility index (Phi) is 9.31. The molecule has 0 unspecified atom stereocenters. The van der Waals surface area contributed by atoms with Crippen LogP contribution in [0.25, 0.3) is 0 Å². The van der Waals surface area contributed by atoms with E-state index in [-0.39, 0.29) is 60.8 Å². The second kappa shape index (κ2) is 7.18. The summed E-state index contributed by atoms with van der Waals surface area (Å²) in [6, 6.07) is 0. The summed E-state index contributed by atoms with van der Waals surface area (Å²) in [5.41, 5.74) is 0. The zero-order chi connectivity index (χ0) is 9.46. The van der Waals surface area contributed by atoms with Crippen molar-refractivity contribution in [1.82, 2.24) is 0 Å². The van der Waals surface area contributed by atoms with E-state index in [1.165, 1.54) is 0 Å². The summed E-state index contributed by atoms with van der Waals surface area (Å²) < 4.78 is 0. The van der Waals surface area contributed by atoms with Crippen molar-refractivity contribution < 1.29 is 30.6 Å². The second-order valence-electron chi connectivity index (χ2n) is 2.94. The Balaban J connectivity index is 0. The predicted octanol–water partition coefficient (Wildman–Crippen LogP) is -5.67. The molecular weight excluding hydrogens is 232 g/mol. The third kappa shape index (κ3) is 3.39. The Morgan fingerprint density at radius 1 is 0.429 bits per heavy atom. The van der Waals surface area contributed by atoms with Crippen LogP contribution in [0, 0.1) is 0 Å². The van der Waals surface area contributed by atoms with E-state index in [9.17, 15) is 0 Å². The summed E-state index contributed by atoms with van der Waals surface area (Å²) in [6.45, 7) is 0. The molecule has 0 bridgehead atoms. The third-order valence-corrected chi connectivity index (χ3v) is 2.10. The van der Waals surface area contributed by atoms with Gasteiger partial charge in [-0.2, -0.15) is 0 Å². The van der Waals surface area contributed by atoms with Gasteiger partial charge in [0.25, 0.3) is 0 Å². The molecule has 0 aromatic carbocycles. The molecule has 0 radical (unpaired) electrons. The van der Waals surface area contributed by atoms with E-state index in [1.54, 1.807) is 0 Å². The molecule has 0 spiro atoms. The van der Waals surface area contributed by atoms with Crippen molar-refractivity contribution in [3.63, 3.8) is 0 Å². The first-order valence-corrected chi connectivity index (χ1v) is 3.55. The Bertz CT molecular complexity index is 114. The standard InChI is InChI=1S/C6H12O6.Ca.Mg.4H/c7-1-2(8)4(10)6(12)5(11)3(1)9;;;;;;/h1-12H;;;;;;/t1-,2-,3-,4+,5-,6-;;;;;;. The van der Waals surface area contributed by atoms with E-state index in [0.29, 0.717) is 0 Å². The van der Waals surface area contributed by atoms with Crippen molar-refractivity contribution in [2.45, 2.75) is 36.6 Å². The van der Waals surface area contributed by atoms with Crippen LogP contribution in [0.15, 0.2) is 0 Å². The fourth-order valence-electron chi connectivity index (χ4n) is 1.21. The molecule has 0 aliphatic heterocycles. The Labute approximate surface area is 127 Å². The van der Waals surface area contributed by atoms with Gasteiger partial charge in [0.2, 0.25) is 0 Å². The maximum absolute atomic E-state index is 8.97. The Morgan fingerprint density at radius 3 is 0.571 bits per heavy atom. The molecule has 0 amide bonds. The smallest absolute Gasteiger partial charge is 0.316 e. The molecule has 14 heavy (non-hydrogen) atoms. The van der Waals surface area contributed by atoms with E-state index >= 15 is 0 Å². The molecule has 1 aliphatic carbocycles. The summed E-state index contributed by atoms with van der Waals surface area (Å²) in [6.07, 6.45) is -9.84. The zero-order valence-electron chi connectivity index (χ0n) is 6.15. The molecule has 0 saturated heterocycles. The number of rotatable bonds is 0. The molecule has 1 saturated carbocycles. The summed E-state index contributed by atoms with van der Waals surface area (Å²) in [4.78, 5) is 0. The fourth-order valence-corrected chi connectivity index (χ4v) is 1.21. The van der Waals surface area contributed by atoms with E-state index < -0.39 is 36.6 Å². The first kappa shape index (κ1) is 18.2. The zero-order valence-corrected chi connectivity index (χ0v) is 6.15. The van der Waals surface area contributed by atoms with Gasteiger partial charge in [-0.15, -0.1) is 0 Å². The van der Waals surface area contributed by atoms with E-state index in [1.807, 2.05) is 0 Å². The van der Waals surface area contributed by atoms with Crippen LogP contribution in [0.2, 0.25) is 0 Å². The van der Waals surface area contributed by atoms with Gasteiger partial charge in [-0.05, 0) is 0 Å². The molecule has 1 rings (SSSR count). The van der Waals surface area contributed by atoms with E-state index in [4.69, 9.17) is 30.6 Å². The van der Waals surface area contributed by atoms with Crippen LogP contribution in [0.1, 0.15) is 0 Å². The van der Waals surface area contributed by atoms with Gasteiger partial charge >= 0.3 is 60.8 Å². The number of aliphatic hydroxyl groups is 6. The van der Waals surface area contributed by atoms with Crippen LogP contribution in [0.5, 0.6) is 0 Å². The number of aliphatic hydroxyl groups excluding tert-OH is 6. The summed E-state index contributed by atoms with van der Waals surface area (Å²) in [7, 11) is 0. The average molecular weight is 249 g/mol. The van der Waals surface area contributed by atoms with Gasteiger partial charge in [0.05, 0.1) is 0 Å². The first-order chi connectivity index (χ1) is 5.46. The quantitative estimate of drug-likeness (QED) is 0.238. The SMILES string of the molecule is O[C@H]1[C@H](O)[C@@H](O)[C@H](O)[C@@H](O)[C@H]1O.[CaH2].[MgH2]. The number of hydrogen-bond acceptors (Lipinski definition) is 6. The summed E-state index contributed by atoms with van der Waals surface area (Å²) in [5.74, 6) is 0. The van der Waals surface area contributed by atoms with Gasteiger partial charge < -0.3 is 30.6 Å². The first-order valence-electron chi connectivity index (χ1n) is 3.55. The molecule has 6 nitrogen and oxygen atoms in total. The molecule has 8 heteroatoms. The molecule has 0 heterocycles. The average Bonchev–Trinajstić information content (AvgIpc) is 2.08. The molecule has 6 N–H and O–H groups in total. The van der Waals surface area contributed by atoms with Crippen molar-refractivity contribution in [2.75, 3.05) is 0 Å². The second-order valence-corrected chi connectivity index (χ2v) is 2.94. The molecular formula is C6H16CaMgO6. The normalized spacial score (nSPS) is 47.6. The number of hydrogen-bond donors (Lipinski definition) is 6. The molecule has 0 atom stereocenters.